The van der Waals surface area contributed by atoms with Gasteiger partial charge in [0.15, 0.2) is 11.6 Å². The van der Waals surface area contributed by atoms with Gasteiger partial charge in [0.2, 0.25) is 5.82 Å². The van der Waals surface area contributed by atoms with Crippen molar-refractivity contribution in [2.75, 3.05) is 6.61 Å². The zero-order valence-electron chi connectivity index (χ0n) is 16.1. The number of hydrogen-bond acceptors (Lipinski definition) is 1. The summed E-state index contributed by atoms with van der Waals surface area (Å²) in [6.45, 7) is 1.26. The first-order valence-electron chi connectivity index (χ1n) is 9.98. The van der Waals surface area contributed by atoms with Crippen LogP contribution in [0.2, 0.25) is 0 Å². The molecule has 0 radical (unpaired) electrons. The number of alkyl halides is 2. The summed E-state index contributed by atoms with van der Waals surface area (Å²) in [5, 5.41) is 0. The first-order chi connectivity index (χ1) is 13.5. The average molecular weight is 394 g/mol. The predicted octanol–water partition coefficient (Wildman–Crippen LogP) is 7.35. The Balaban J connectivity index is 1.70. The van der Waals surface area contributed by atoms with E-state index in [0.29, 0.717) is 11.5 Å². The van der Waals surface area contributed by atoms with Crippen molar-refractivity contribution in [2.24, 2.45) is 5.92 Å². The molecule has 152 valence electrons. The quantitative estimate of drug-likeness (QED) is 0.446. The Hall–Kier alpha value is -2.04. The molecular formula is C23H26F4O. The molecule has 0 spiro atoms. The largest absolute Gasteiger partial charge is 0.484 e. The van der Waals surface area contributed by atoms with Gasteiger partial charge in [0, 0.05) is 5.56 Å². The first kappa shape index (κ1) is 20.7. The van der Waals surface area contributed by atoms with Crippen LogP contribution in [0.4, 0.5) is 17.6 Å². The monoisotopic (exact) mass is 394 g/mol. The third kappa shape index (κ3) is 4.86. The predicted molar refractivity (Wildman–Crippen MR) is 103 cm³/mol. The highest BCUT2D eigenvalue weighted by Gasteiger charge is 2.22. The van der Waals surface area contributed by atoms with E-state index < -0.39 is 30.4 Å². The number of hydrogen-bond donors (Lipinski definition) is 0. The summed E-state index contributed by atoms with van der Waals surface area (Å²) >= 11 is 0. The molecule has 3 rings (SSSR count). The van der Waals surface area contributed by atoms with Crippen LogP contribution in [0.25, 0.3) is 11.1 Å². The molecule has 28 heavy (non-hydrogen) atoms. The molecule has 1 fully saturated rings. The molecule has 0 heterocycles. The third-order valence-electron chi connectivity index (χ3n) is 5.65. The maximum atomic E-state index is 14.4. The van der Waals surface area contributed by atoms with E-state index in [2.05, 4.69) is 11.7 Å². The lowest BCUT2D eigenvalue weighted by Gasteiger charge is -2.28. The lowest BCUT2D eigenvalue weighted by molar-refractivity contribution is 0.0795. The van der Waals surface area contributed by atoms with Crippen LogP contribution in [0, 0.1) is 17.6 Å². The maximum Gasteiger partial charge on any atom is 0.272 e. The molecule has 0 bridgehead atoms. The first-order valence-corrected chi connectivity index (χ1v) is 9.98. The van der Waals surface area contributed by atoms with E-state index in [1.807, 2.05) is 12.1 Å². The highest BCUT2D eigenvalue weighted by molar-refractivity contribution is 5.65. The van der Waals surface area contributed by atoms with Gasteiger partial charge >= 0.3 is 0 Å². The summed E-state index contributed by atoms with van der Waals surface area (Å²) in [5.74, 6) is -1.46. The molecule has 1 nitrogen and oxygen atoms in total. The molecule has 0 saturated heterocycles. The van der Waals surface area contributed by atoms with E-state index in [0.717, 1.165) is 5.92 Å². The van der Waals surface area contributed by atoms with E-state index in [1.54, 1.807) is 12.1 Å². The Bertz CT molecular complexity index is 765. The Morgan fingerprint density at radius 3 is 2.21 bits per heavy atom. The zero-order chi connectivity index (χ0) is 20.1. The molecule has 0 amide bonds. The van der Waals surface area contributed by atoms with Crippen molar-refractivity contribution in [3.05, 3.63) is 53.6 Å². The Kier molecular flexibility index (Phi) is 6.97. The van der Waals surface area contributed by atoms with Crippen LogP contribution in [0.3, 0.4) is 0 Å². The SMILES string of the molecule is CCCC1CCC(c2ccc(-c3ccc(OCC(F)F)c(F)c3F)cc2)CC1. The van der Waals surface area contributed by atoms with Crippen molar-refractivity contribution in [2.45, 2.75) is 57.8 Å². The standard InChI is InChI=1S/C23H26F4O/c1-2-3-15-4-6-16(7-5-15)17-8-10-18(11-9-17)19-12-13-20(23(27)22(19)26)28-14-21(24)25/h8-13,15-16,21H,2-7,14H2,1H3. The van der Waals surface area contributed by atoms with Crippen LogP contribution < -0.4 is 4.74 Å². The summed E-state index contributed by atoms with van der Waals surface area (Å²) < 4.78 is 57.6. The van der Waals surface area contributed by atoms with Crippen LogP contribution in [-0.4, -0.2) is 13.0 Å². The van der Waals surface area contributed by atoms with Gasteiger partial charge in [-0.3, -0.25) is 0 Å². The van der Waals surface area contributed by atoms with E-state index in [1.165, 1.54) is 56.2 Å². The van der Waals surface area contributed by atoms with E-state index >= 15 is 0 Å². The van der Waals surface area contributed by atoms with Gasteiger partial charge in [0.25, 0.3) is 6.43 Å². The average Bonchev–Trinajstić information content (AvgIpc) is 2.70. The van der Waals surface area contributed by atoms with Gasteiger partial charge in [-0.2, -0.15) is 4.39 Å². The van der Waals surface area contributed by atoms with Crippen LogP contribution in [0.15, 0.2) is 36.4 Å². The van der Waals surface area contributed by atoms with Crippen molar-refractivity contribution in [3.63, 3.8) is 0 Å². The molecular weight excluding hydrogens is 368 g/mol. The third-order valence-corrected chi connectivity index (χ3v) is 5.65. The Morgan fingerprint density at radius 2 is 1.61 bits per heavy atom. The fourth-order valence-corrected chi connectivity index (χ4v) is 4.15. The smallest absolute Gasteiger partial charge is 0.272 e. The second-order valence-corrected chi connectivity index (χ2v) is 7.57. The molecule has 1 saturated carbocycles. The molecule has 0 aliphatic heterocycles. The van der Waals surface area contributed by atoms with Crippen molar-refractivity contribution in [3.8, 4) is 16.9 Å². The van der Waals surface area contributed by atoms with Gasteiger partial charge in [-0.05, 0) is 60.8 Å². The number of halogens is 4. The summed E-state index contributed by atoms with van der Waals surface area (Å²) in [5.41, 5.74) is 1.89. The van der Waals surface area contributed by atoms with Gasteiger partial charge < -0.3 is 4.74 Å². The van der Waals surface area contributed by atoms with Crippen molar-refractivity contribution in [1.82, 2.24) is 0 Å². The highest BCUT2D eigenvalue weighted by Crippen LogP contribution is 2.38. The van der Waals surface area contributed by atoms with E-state index in [9.17, 15) is 17.6 Å². The minimum absolute atomic E-state index is 0.0973. The van der Waals surface area contributed by atoms with Crippen molar-refractivity contribution in [1.29, 1.82) is 0 Å². The highest BCUT2D eigenvalue weighted by atomic mass is 19.3. The van der Waals surface area contributed by atoms with E-state index in [4.69, 9.17) is 0 Å². The molecule has 1 aliphatic carbocycles. The van der Waals surface area contributed by atoms with Crippen molar-refractivity contribution >= 4 is 0 Å². The summed E-state index contributed by atoms with van der Waals surface area (Å²) in [6.07, 6.45) is 4.63. The van der Waals surface area contributed by atoms with Crippen LogP contribution in [0.5, 0.6) is 5.75 Å². The lowest BCUT2D eigenvalue weighted by Crippen LogP contribution is -2.13. The molecule has 0 unspecified atom stereocenters. The van der Waals surface area contributed by atoms with Gasteiger partial charge in [-0.25, -0.2) is 13.2 Å². The molecule has 2 aromatic rings. The van der Waals surface area contributed by atoms with E-state index in [-0.39, 0.29) is 5.56 Å². The second kappa shape index (κ2) is 9.44. The van der Waals surface area contributed by atoms with Gasteiger partial charge in [0.1, 0.15) is 6.61 Å². The molecule has 0 atom stereocenters. The van der Waals surface area contributed by atoms with Crippen LogP contribution >= 0.6 is 0 Å². The summed E-state index contributed by atoms with van der Waals surface area (Å²) in [4.78, 5) is 0. The lowest BCUT2D eigenvalue weighted by atomic mass is 9.77. The van der Waals surface area contributed by atoms with Gasteiger partial charge in [-0.15, -0.1) is 0 Å². The Morgan fingerprint density at radius 1 is 0.929 bits per heavy atom. The number of ether oxygens (including phenoxy) is 1. The fourth-order valence-electron chi connectivity index (χ4n) is 4.15. The molecule has 2 aromatic carbocycles. The normalized spacial score (nSPS) is 19.8. The van der Waals surface area contributed by atoms with Crippen LogP contribution in [-0.2, 0) is 0 Å². The minimum Gasteiger partial charge on any atom is -0.484 e. The fraction of sp³-hybridized carbons (Fsp3) is 0.478. The summed E-state index contributed by atoms with van der Waals surface area (Å²) in [6, 6.07) is 10.1. The summed E-state index contributed by atoms with van der Waals surface area (Å²) in [7, 11) is 0. The Labute approximate surface area is 163 Å². The molecule has 1 aliphatic rings. The number of benzene rings is 2. The van der Waals surface area contributed by atoms with Crippen LogP contribution in [0.1, 0.15) is 56.9 Å². The zero-order valence-corrected chi connectivity index (χ0v) is 16.1. The topological polar surface area (TPSA) is 9.23 Å². The molecule has 0 N–H and O–H groups in total. The molecule has 0 aromatic heterocycles. The van der Waals surface area contributed by atoms with Gasteiger partial charge in [0.05, 0.1) is 0 Å². The molecule has 5 heteroatoms. The van der Waals surface area contributed by atoms with Gasteiger partial charge in [-0.1, -0.05) is 44.0 Å². The second-order valence-electron chi connectivity index (χ2n) is 7.57. The van der Waals surface area contributed by atoms with Crippen molar-refractivity contribution < 1.29 is 22.3 Å². The maximum absolute atomic E-state index is 14.4. The minimum atomic E-state index is -2.74. The number of rotatable bonds is 7.